The topological polar surface area (TPSA) is 39.1 Å². The van der Waals surface area contributed by atoms with E-state index in [1.807, 2.05) is 6.08 Å². The van der Waals surface area contributed by atoms with Crippen molar-refractivity contribution in [1.29, 1.82) is 5.41 Å². The van der Waals surface area contributed by atoms with E-state index in [2.05, 4.69) is 23.2 Å². The van der Waals surface area contributed by atoms with Crippen LogP contribution in [-0.4, -0.2) is 36.9 Å². The van der Waals surface area contributed by atoms with Gasteiger partial charge in [-0.3, -0.25) is 5.41 Å². The Hall–Kier alpha value is -0.830. The molecule has 3 heteroatoms. The molecular formula is C10H19N3. The predicted octanol–water partition coefficient (Wildman–Crippen LogP) is 1.23. The smallest absolute Gasteiger partial charge is 0.120 e. The summed E-state index contributed by atoms with van der Waals surface area (Å²) in [5.74, 6) is 0.662. The Morgan fingerprint density at radius 3 is 2.77 bits per heavy atom. The molecule has 0 bridgehead atoms. The fraction of sp³-hybridized carbons (Fsp3) is 0.700. The molecule has 0 amide bonds. The molecule has 74 valence electrons. The van der Waals surface area contributed by atoms with Gasteiger partial charge in [0.2, 0.25) is 0 Å². The van der Waals surface area contributed by atoms with Crippen LogP contribution < -0.4 is 5.32 Å². The fourth-order valence-electron chi connectivity index (χ4n) is 1.37. The van der Waals surface area contributed by atoms with Gasteiger partial charge in [0, 0.05) is 26.2 Å². The zero-order valence-electron chi connectivity index (χ0n) is 8.34. The molecule has 0 aromatic carbocycles. The Morgan fingerprint density at radius 1 is 1.46 bits per heavy atom. The third-order valence-corrected chi connectivity index (χ3v) is 2.19. The van der Waals surface area contributed by atoms with Crippen LogP contribution in [0.15, 0.2) is 12.2 Å². The van der Waals surface area contributed by atoms with Crippen LogP contribution in [0, 0.1) is 5.41 Å². The largest absolute Gasteiger partial charge is 0.355 e. The molecule has 1 heterocycles. The van der Waals surface area contributed by atoms with Crippen molar-refractivity contribution in [3.63, 3.8) is 0 Å². The summed E-state index contributed by atoms with van der Waals surface area (Å²) in [7, 11) is 0. The van der Waals surface area contributed by atoms with Gasteiger partial charge in [-0.1, -0.05) is 19.4 Å². The van der Waals surface area contributed by atoms with Gasteiger partial charge in [-0.15, -0.1) is 0 Å². The highest BCUT2D eigenvalue weighted by molar-refractivity contribution is 5.90. The van der Waals surface area contributed by atoms with Gasteiger partial charge >= 0.3 is 0 Å². The molecule has 2 N–H and O–H groups in total. The number of unbranched alkanes of at least 4 members (excludes halogenated alkanes) is 1. The lowest BCUT2D eigenvalue weighted by atomic mass is 10.3. The minimum Gasteiger partial charge on any atom is -0.355 e. The van der Waals surface area contributed by atoms with E-state index in [0.717, 1.165) is 39.0 Å². The van der Waals surface area contributed by atoms with E-state index in [0.29, 0.717) is 5.84 Å². The molecule has 1 aliphatic heterocycles. The van der Waals surface area contributed by atoms with E-state index in [4.69, 9.17) is 5.41 Å². The van der Waals surface area contributed by atoms with E-state index in [1.54, 1.807) is 0 Å². The lowest BCUT2D eigenvalue weighted by Crippen LogP contribution is -2.45. The van der Waals surface area contributed by atoms with Crippen molar-refractivity contribution in [3.8, 4) is 0 Å². The molecule has 0 aromatic rings. The Morgan fingerprint density at radius 2 is 2.15 bits per heavy atom. The molecule has 0 unspecified atom stereocenters. The van der Waals surface area contributed by atoms with E-state index in [1.165, 1.54) is 0 Å². The number of nitrogens with one attached hydrogen (secondary N) is 2. The quantitative estimate of drug-likeness (QED) is 0.507. The summed E-state index contributed by atoms with van der Waals surface area (Å²) in [5.41, 5.74) is 0. The van der Waals surface area contributed by atoms with Crippen LogP contribution in [-0.2, 0) is 0 Å². The normalized spacial score (nSPS) is 18.1. The predicted molar refractivity (Wildman–Crippen MR) is 56.2 cm³/mol. The molecule has 0 spiro atoms. The molecule has 1 fully saturated rings. The summed E-state index contributed by atoms with van der Waals surface area (Å²) in [6, 6.07) is 0. The fourth-order valence-corrected chi connectivity index (χ4v) is 1.37. The maximum absolute atomic E-state index is 7.77. The molecule has 13 heavy (non-hydrogen) atoms. The van der Waals surface area contributed by atoms with Crippen LogP contribution >= 0.6 is 0 Å². The van der Waals surface area contributed by atoms with Crippen molar-refractivity contribution in [3.05, 3.63) is 12.2 Å². The summed E-state index contributed by atoms with van der Waals surface area (Å²) < 4.78 is 0. The minimum absolute atomic E-state index is 0.662. The van der Waals surface area contributed by atoms with Gasteiger partial charge in [-0.2, -0.15) is 0 Å². The van der Waals surface area contributed by atoms with Crippen molar-refractivity contribution in [2.45, 2.75) is 19.8 Å². The second-order valence-corrected chi connectivity index (χ2v) is 3.31. The summed E-state index contributed by atoms with van der Waals surface area (Å²) in [4.78, 5) is 2.11. The Bertz CT molecular complexity index is 181. The van der Waals surface area contributed by atoms with Crippen LogP contribution in [0.3, 0.4) is 0 Å². The molecule has 1 aliphatic rings. The second-order valence-electron chi connectivity index (χ2n) is 3.31. The van der Waals surface area contributed by atoms with E-state index in [-0.39, 0.29) is 0 Å². The second kappa shape index (κ2) is 5.75. The van der Waals surface area contributed by atoms with E-state index >= 15 is 0 Å². The summed E-state index contributed by atoms with van der Waals surface area (Å²) in [5, 5.41) is 11.0. The first kappa shape index (κ1) is 10.3. The molecule has 1 rings (SSSR count). The molecule has 0 aliphatic carbocycles. The Labute approximate surface area is 80.3 Å². The monoisotopic (exact) mass is 181 g/mol. The highest BCUT2D eigenvalue weighted by atomic mass is 15.2. The molecule has 3 nitrogen and oxygen atoms in total. The highest BCUT2D eigenvalue weighted by Gasteiger charge is 2.09. The number of allylic oxidation sites excluding steroid dienone is 1. The van der Waals surface area contributed by atoms with Crippen LogP contribution in [0.4, 0.5) is 0 Å². The zero-order chi connectivity index (χ0) is 9.52. The van der Waals surface area contributed by atoms with Crippen molar-refractivity contribution in [2.75, 3.05) is 26.2 Å². The third-order valence-electron chi connectivity index (χ3n) is 2.19. The summed E-state index contributed by atoms with van der Waals surface area (Å²) in [6.07, 6.45) is 6.25. The Balaban J connectivity index is 2.28. The van der Waals surface area contributed by atoms with Crippen LogP contribution in [0.1, 0.15) is 19.8 Å². The van der Waals surface area contributed by atoms with Gasteiger partial charge in [0.05, 0.1) is 0 Å². The highest BCUT2D eigenvalue weighted by Crippen LogP contribution is 1.96. The van der Waals surface area contributed by atoms with Gasteiger partial charge in [-0.25, -0.2) is 0 Å². The molecule has 0 saturated carbocycles. The lowest BCUT2D eigenvalue weighted by Gasteiger charge is -2.28. The first-order chi connectivity index (χ1) is 6.34. The van der Waals surface area contributed by atoms with Gasteiger partial charge in [0.25, 0.3) is 0 Å². The minimum atomic E-state index is 0.662. The number of amidine groups is 1. The van der Waals surface area contributed by atoms with Gasteiger partial charge in [0.1, 0.15) is 5.84 Å². The first-order valence-corrected chi connectivity index (χ1v) is 5.05. The van der Waals surface area contributed by atoms with Gasteiger partial charge < -0.3 is 10.2 Å². The maximum atomic E-state index is 7.77. The van der Waals surface area contributed by atoms with Crippen molar-refractivity contribution in [1.82, 2.24) is 10.2 Å². The first-order valence-electron chi connectivity index (χ1n) is 5.05. The summed E-state index contributed by atoms with van der Waals surface area (Å²) >= 11 is 0. The number of hydrogen-bond donors (Lipinski definition) is 2. The van der Waals surface area contributed by atoms with Crippen molar-refractivity contribution in [2.24, 2.45) is 0 Å². The molecule has 0 radical (unpaired) electrons. The van der Waals surface area contributed by atoms with Gasteiger partial charge in [0.15, 0.2) is 0 Å². The standard InChI is InChI=1S/C10H19N3/c1-2-3-4-5-10(11)13-8-6-12-7-9-13/h4-5,11-12H,2-3,6-9H2,1H3/b5-4-,11-10?. The average Bonchev–Trinajstić information content (AvgIpc) is 2.19. The van der Waals surface area contributed by atoms with Crippen LogP contribution in [0.25, 0.3) is 0 Å². The van der Waals surface area contributed by atoms with Crippen molar-refractivity contribution >= 4 is 5.84 Å². The maximum Gasteiger partial charge on any atom is 0.120 e. The van der Waals surface area contributed by atoms with E-state index < -0.39 is 0 Å². The molecule has 1 saturated heterocycles. The van der Waals surface area contributed by atoms with Crippen molar-refractivity contribution < 1.29 is 0 Å². The number of rotatable bonds is 3. The molecule has 0 aromatic heterocycles. The molecule has 0 atom stereocenters. The molecular weight excluding hydrogens is 162 g/mol. The zero-order valence-corrected chi connectivity index (χ0v) is 8.34. The Kier molecular flexibility index (Phi) is 4.54. The number of nitrogens with zero attached hydrogens (tertiary/aromatic N) is 1. The van der Waals surface area contributed by atoms with Crippen LogP contribution in [0.2, 0.25) is 0 Å². The third kappa shape index (κ3) is 3.59. The van der Waals surface area contributed by atoms with Crippen LogP contribution in [0.5, 0.6) is 0 Å². The van der Waals surface area contributed by atoms with Gasteiger partial charge in [-0.05, 0) is 12.5 Å². The average molecular weight is 181 g/mol. The van der Waals surface area contributed by atoms with E-state index in [9.17, 15) is 0 Å². The lowest BCUT2D eigenvalue weighted by molar-refractivity contribution is 0.357. The summed E-state index contributed by atoms with van der Waals surface area (Å²) in [6.45, 7) is 6.09. The number of piperazine rings is 1. The number of hydrogen-bond acceptors (Lipinski definition) is 2. The SMILES string of the molecule is CCC/C=C\C(=N)N1CCNCC1.